The molecule has 7 heteroatoms. The smallest absolute Gasteiger partial charge is 0.311 e. The second kappa shape index (κ2) is 15.6. The molecular formula is C35H56O6Si. The molecule has 236 valence electrons. The van der Waals surface area contributed by atoms with E-state index in [0.717, 1.165) is 5.56 Å². The van der Waals surface area contributed by atoms with Gasteiger partial charge in [0.15, 0.2) is 8.32 Å². The number of rotatable bonds is 15. The van der Waals surface area contributed by atoms with Gasteiger partial charge in [-0.25, -0.2) is 0 Å². The molecule has 0 N–H and O–H groups in total. The van der Waals surface area contributed by atoms with Crippen molar-refractivity contribution in [2.75, 3.05) is 6.61 Å². The molecule has 6 nitrogen and oxygen atoms in total. The van der Waals surface area contributed by atoms with E-state index in [4.69, 9.17) is 18.6 Å². The first-order valence-electron chi connectivity index (χ1n) is 15.4. The molecular weight excluding hydrogens is 544 g/mol. The number of ether oxygens (including phenoxy) is 3. The summed E-state index contributed by atoms with van der Waals surface area (Å²) in [5, 5.41) is 0.123. The van der Waals surface area contributed by atoms with Gasteiger partial charge < -0.3 is 18.6 Å². The number of hydrogen-bond acceptors (Lipinski definition) is 6. The van der Waals surface area contributed by atoms with Crippen molar-refractivity contribution in [1.82, 2.24) is 0 Å². The standard InChI is InChI=1S/C35H56O6Si/c1-12-16-31-28(19-20-30(40-31)24-39-42(10,11)35(7,8)9)21-29(25(2)36)22-32(41-33(37)34(4,5)6)26(3)38-23-27-17-14-13-15-18-27/h12-15,17-20,26,28-32H,1,16,21-24H2,2-11H3/t26-,28+,29+,30-,31+,32-/m0/s1. The van der Waals surface area contributed by atoms with Crippen LogP contribution in [-0.2, 0) is 34.8 Å². The zero-order valence-corrected chi connectivity index (χ0v) is 28.8. The van der Waals surface area contributed by atoms with Crippen LogP contribution < -0.4 is 0 Å². The molecule has 0 aromatic heterocycles. The molecule has 6 atom stereocenters. The maximum absolute atomic E-state index is 13.0. The maximum Gasteiger partial charge on any atom is 0.311 e. The molecule has 1 aromatic rings. The molecule has 0 spiro atoms. The SMILES string of the molecule is C=CC[C@H]1O[C@H](CO[Si](C)(C)C(C)(C)C)C=C[C@@H]1C[C@H](C[C@H](OC(=O)C(C)(C)C)[C@H](C)OCc1ccccc1)C(C)=O. The van der Waals surface area contributed by atoms with Gasteiger partial charge in [0.25, 0.3) is 0 Å². The predicted octanol–water partition coefficient (Wildman–Crippen LogP) is 8.07. The highest BCUT2D eigenvalue weighted by atomic mass is 28.4. The molecule has 1 aliphatic heterocycles. The summed E-state index contributed by atoms with van der Waals surface area (Å²) >= 11 is 0. The van der Waals surface area contributed by atoms with E-state index in [9.17, 15) is 9.59 Å². The Kier molecular flexibility index (Phi) is 13.4. The zero-order chi connectivity index (χ0) is 31.7. The zero-order valence-electron chi connectivity index (χ0n) is 27.8. The summed E-state index contributed by atoms with van der Waals surface area (Å²) in [6.07, 6.45) is 6.59. The van der Waals surface area contributed by atoms with Crippen molar-refractivity contribution in [3.05, 3.63) is 60.7 Å². The van der Waals surface area contributed by atoms with E-state index in [-0.39, 0.29) is 40.8 Å². The number of Topliss-reactive ketones (excluding diaryl/α,β-unsaturated/α-hetero) is 1. The topological polar surface area (TPSA) is 71.1 Å². The lowest BCUT2D eigenvalue weighted by Crippen LogP contribution is -2.44. The number of carbonyl (C=O) groups excluding carboxylic acids is 2. The Balaban J connectivity index is 2.18. The Morgan fingerprint density at radius 1 is 1.07 bits per heavy atom. The monoisotopic (exact) mass is 600 g/mol. The summed E-state index contributed by atoms with van der Waals surface area (Å²) in [6.45, 7) is 25.1. The van der Waals surface area contributed by atoms with Crippen LogP contribution in [0.25, 0.3) is 0 Å². The quantitative estimate of drug-likeness (QED) is 0.115. The van der Waals surface area contributed by atoms with Crippen LogP contribution in [0.5, 0.6) is 0 Å². The molecule has 0 saturated heterocycles. The molecule has 2 rings (SSSR count). The van der Waals surface area contributed by atoms with Crippen molar-refractivity contribution in [1.29, 1.82) is 0 Å². The minimum absolute atomic E-state index is 0.0283. The molecule has 1 heterocycles. The molecule has 0 amide bonds. The van der Waals surface area contributed by atoms with Crippen molar-refractivity contribution < 1.29 is 28.2 Å². The fourth-order valence-corrected chi connectivity index (χ4v) is 5.60. The number of carbonyl (C=O) groups is 2. The molecule has 42 heavy (non-hydrogen) atoms. The van der Waals surface area contributed by atoms with Crippen LogP contribution in [0.1, 0.15) is 80.2 Å². The number of esters is 1. The van der Waals surface area contributed by atoms with Crippen LogP contribution in [0.15, 0.2) is 55.1 Å². The third-order valence-electron chi connectivity index (χ3n) is 8.61. The van der Waals surface area contributed by atoms with Gasteiger partial charge >= 0.3 is 5.97 Å². The largest absolute Gasteiger partial charge is 0.459 e. The van der Waals surface area contributed by atoms with Crippen LogP contribution in [0.3, 0.4) is 0 Å². The Morgan fingerprint density at radius 2 is 1.71 bits per heavy atom. The fraction of sp³-hybridized carbons (Fsp3) is 0.657. The van der Waals surface area contributed by atoms with E-state index in [1.54, 1.807) is 6.92 Å². The molecule has 0 radical (unpaired) electrons. The average molecular weight is 601 g/mol. The van der Waals surface area contributed by atoms with Gasteiger partial charge in [-0.05, 0) is 77.6 Å². The van der Waals surface area contributed by atoms with Gasteiger partial charge in [-0.1, -0.05) is 69.3 Å². The van der Waals surface area contributed by atoms with Crippen LogP contribution in [0, 0.1) is 17.3 Å². The van der Waals surface area contributed by atoms with Gasteiger partial charge in [0.1, 0.15) is 11.9 Å². The average Bonchev–Trinajstić information content (AvgIpc) is 2.90. The lowest BCUT2D eigenvalue weighted by molar-refractivity contribution is -0.169. The highest BCUT2D eigenvalue weighted by Gasteiger charge is 2.39. The third kappa shape index (κ3) is 11.2. The molecule has 0 unspecified atom stereocenters. The van der Waals surface area contributed by atoms with E-state index >= 15 is 0 Å². The maximum atomic E-state index is 13.0. The Morgan fingerprint density at radius 3 is 2.26 bits per heavy atom. The molecule has 1 aromatic carbocycles. The van der Waals surface area contributed by atoms with Gasteiger partial charge in [-0.3, -0.25) is 9.59 Å². The van der Waals surface area contributed by atoms with Crippen molar-refractivity contribution in [3.63, 3.8) is 0 Å². The normalized spacial score (nSPS) is 21.8. The molecule has 0 saturated carbocycles. The van der Waals surface area contributed by atoms with Gasteiger partial charge in [0, 0.05) is 11.8 Å². The summed E-state index contributed by atoms with van der Waals surface area (Å²) in [5.74, 6) is -0.534. The number of benzene rings is 1. The summed E-state index contributed by atoms with van der Waals surface area (Å²) < 4.78 is 25.1. The van der Waals surface area contributed by atoms with Crippen LogP contribution in [0.4, 0.5) is 0 Å². The Bertz CT molecular complexity index is 1040. The first-order valence-corrected chi connectivity index (χ1v) is 18.3. The molecule has 0 fully saturated rings. The van der Waals surface area contributed by atoms with E-state index < -0.39 is 25.9 Å². The summed E-state index contributed by atoms with van der Waals surface area (Å²) in [6, 6.07) is 9.90. The molecule has 0 bridgehead atoms. The van der Waals surface area contributed by atoms with Gasteiger partial charge in [-0.15, -0.1) is 6.58 Å². The minimum atomic E-state index is -1.90. The van der Waals surface area contributed by atoms with Crippen molar-refractivity contribution in [2.24, 2.45) is 17.3 Å². The highest BCUT2D eigenvalue weighted by molar-refractivity contribution is 6.74. The number of ketones is 1. The predicted molar refractivity (Wildman–Crippen MR) is 173 cm³/mol. The Labute approximate surface area is 256 Å². The molecule has 0 aliphatic carbocycles. The van der Waals surface area contributed by atoms with Gasteiger partial charge in [0.05, 0.1) is 36.9 Å². The van der Waals surface area contributed by atoms with Crippen molar-refractivity contribution >= 4 is 20.1 Å². The minimum Gasteiger partial charge on any atom is -0.459 e. The van der Waals surface area contributed by atoms with Crippen molar-refractivity contribution in [3.8, 4) is 0 Å². The third-order valence-corrected chi connectivity index (χ3v) is 13.1. The van der Waals surface area contributed by atoms with Crippen LogP contribution >= 0.6 is 0 Å². The second-order valence-corrected chi connectivity index (χ2v) is 19.1. The fourth-order valence-electron chi connectivity index (χ4n) is 4.58. The van der Waals surface area contributed by atoms with E-state index in [1.165, 1.54) is 0 Å². The van der Waals surface area contributed by atoms with Crippen LogP contribution in [0.2, 0.25) is 18.1 Å². The van der Waals surface area contributed by atoms with E-state index in [0.29, 0.717) is 32.5 Å². The lowest BCUT2D eigenvalue weighted by Gasteiger charge is -2.39. The first-order chi connectivity index (χ1) is 19.4. The molecule has 1 aliphatic rings. The van der Waals surface area contributed by atoms with Gasteiger partial charge in [-0.2, -0.15) is 0 Å². The number of hydrogen-bond donors (Lipinski definition) is 0. The summed E-state index contributed by atoms with van der Waals surface area (Å²) in [5.41, 5.74) is 0.372. The van der Waals surface area contributed by atoms with Crippen LogP contribution in [-0.4, -0.2) is 51.1 Å². The van der Waals surface area contributed by atoms with Gasteiger partial charge in [0.2, 0.25) is 0 Å². The van der Waals surface area contributed by atoms with E-state index in [2.05, 4.69) is 52.6 Å². The van der Waals surface area contributed by atoms with Crippen molar-refractivity contribution in [2.45, 2.75) is 124 Å². The summed E-state index contributed by atoms with van der Waals surface area (Å²) in [7, 11) is -1.90. The summed E-state index contributed by atoms with van der Waals surface area (Å²) in [4.78, 5) is 25.9. The lowest BCUT2D eigenvalue weighted by atomic mass is 9.82. The highest BCUT2D eigenvalue weighted by Crippen LogP contribution is 2.37. The van der Waals surface area contributed by atoms with E-state index in [1.807, 2.05) is 64.1 Å². The second-order valence-electron chi connectivity index (χ2n) is 14.3. The Hall–Kier alpha value is -2.06. The first kappa shape index (κ1) is 36.1.